The first kappa shape index (κ1) is 14.4. The molecule has 0 saturated heterocycles. The van der Waals surface area contributed by atoms with Gasteiger partial charge in [-0.15, -0.1) is 0 Å². The molecule has 0 radical (unpaired) electrons. The zero-order valence-electron chi connectivity index (χ0n) is 12.6. The SMILES string of the molecule is CC(C)(C)OCc1nc2cc(C(C)(C)C)cnc2s1. The highest BCUT2D eigenvalue weighted by Crippen LogP contribution is 2.27. The van der Waals surface area contributed by atoms with Crippen molar-refractivity contribution in [3.63, 3.8) is 0 Å². The molecule has 4 heteroatoms. The molecule has 104 valence electrons. The van der Waals surface area contributed by atoms with Crippen LogP contribution < -0.4 is 0 Å². The minimum atomic E-state index is -0.137. The maximum absolute atomic E-state index is 5.76. The molecular weight excluding hydrogens is 256 g/mol. The molecule has 0 bridgehead atoms. The number of hydrogen-bond acceptors (Lipinski definition) is 4. The van der Waals surface area contributed by atoms with Crippen LogP contribution in [0.15, 0.2) is 12.3 Å². The molecule has 0 N–H and O–H groups in total. The van der Waals surface area contributed by atoms with Crippen LogP contribution in [0.4, 0.5) is 0 Å². The van der Waals surface area contributed by atoms with Gasteiger partial charge >= 0.3 is 0 Å². The van der Waals surface area contributed by atoms with Crippen LogP contribution in [0.5, 0.6) is 0 Å². The van der Waals surface area contributed by atoms with E-state index in [1.54, 1.807) is 11.3 Å². The Labute approximate surface area is 119 Å². The molecule has 2 rings (SSSR count). The quantitative estimate of drug-likeness (QED) is 0.821. The Hall–Kier alpha value is -1.00. The highest BCUT2D eigenvalue weighted by atomic mass is 32.1. The fourth-order valence-corrected chi connectivity index (χ4v) is 2.42. The lowest BCUT2D eigenvalue weighted by atomic mass is 9.88. The average Bonchev–Trinajstić information content (AvgIpc) is 2.65. The van der Waals surface area contributed by atoms with Crippen LogP contribution in [0.3, 0.4) is 0 Å². The number of thiazole rings is 1. The zero-order chi connectivity index (χ0) is 14.3. The van der Waals surface area contributed by atoms with Crippen LogP contribution in [0, 0.1) is 0 Å². The minimum absolute atomic E-state index is 0.104. The molecule has 0 unspecified atom stereocenters. The molecule has 0 fully saturated rings. The van der Waals surface area contributed by atoms with Crippen molar-refractivity contribution in [2.45, 2.75) is 59.2 Å². The summed E-state index contributed by atoms with van der Waals surface area (Å²) in [6.07, 6.45) is 1.95. The second-order valence-corrected chi connectivity index (χ2v) is 7.87. The van der Waals surface area contributed by atoms with Gasteiger partial charge < -0.3 is 4.74 Å². The van der Waals surface area contributed by atoms with E-state index in [0.717, 1.165) is 15.4 Å². The van der Waals surface area contributed by atoms with Crippen molar-refractivity contribution in [3.05, 3.63) is 22.8 Å². The molecular formula is C15H22N2OS. The van der Waals surface area contributed by atoms with Crippen molar-refractivity contribution >= 4 is 21.7 Å². The second-order valence-electron chi connectivity index (χ2n) is 6.81. The predicted octanol–water partition coefficient (Wildman–Crippen LogP) is 4.30. The van der Waals surface area contributed by atoms with E-state index in [-0.39, 0.29) is 11.0 Å². The molecule has 2 aromatic heterocycles. The number of fused-ring (bicyclic) bond motifs is 1. The summed E-state index contributed by atoms with van der Waals surface area (Å²) in [7, 11) is 0. The fourth-order valence-electron chi connectivity index (χ4n) is 1.62. The van der Waals surface area contributed by atoms with E-state index >= 15 is 0 Å². The van der Waals surface area contributed by atoms with Crippen molar-refractivity contribution in [1.82, 2.24) is 9.97 Å². The number of rotatable bonds is 2. The summed E-state index contributed by atoms with van der Waals surface area (Å²) in [5.41, 5.74) is 2.16. The summed E-state index contributed by atoms with van der Waals surface area (Å²) in [5.74, 6) is 0. The standard InChI is InChI=1S/C15H22N2OS/c1-14(2,3)10-7-11-13(16-8-10)19-12(17-11)9-18-15(4,5)6/h7-8H,9H2,1-6H3. The molecule has 0 aliphatic heterocycles. The molecule has 0 amide bonds. The number of ether oxygens (including phenoxy) is 1. The third-order valence-corrected chi connectivity index (χ3v) is 3.74. The van der Waals surface area contributed by atoms with Crippen molar-refractivity contribution in [2.24, 2.45) is 0 Å². The molecule has 3 nitrogen and oxygen atoms in total. The van der Waals surface area contributed by atoms with Gasteiger partial charge in [0.2, 0.25) is 0 Å². The summed E-state index contributed by atoms with van der Waals surface area (Å²) < 4.78 is 5.76. The molecule has 0 spiro atoms. The summed E-state index contributed by atoms with van der Waals surface area (Å²) in [4.78, 5) is 10.1. The first-order valence-corrected chi connectivity index (χ1v) is 7.37. The van der Waals surface area contributed by atoms with E-state index in [2.05, 4.69) is 57.6 Å². The van der Waals surface area contributed by atoms with Crippen molar-refractivity contribution in [3.8, 4) is 0 Å². The van der Waals surface area contributed by atoms with Gasteiger partial charge in [-0.05, 0) is 37.8 Å². The average molecular weight is 278 g/mol. The third-order valence-electron chi connectivity index (χ3n) is 2.79. The summed E-state index contributed by atoms with van der Waals surface area (Å²) in [5, 5.41) is 0.989. The number of pyridine rings is 1. The third kappa shape index (κ3) is 3.74. The Morgan fingerprint density at radius 1 is 1.16 bits per heavy atom. The summed E-state index contributed by atoms with van der Waals surface area (Å²) in [6, 6.07) is 2.14. The van der Waals surface area contributed by atoms with E-state index < -0.39 is 0 Å². The zero-order valence-corrected chi connectivity index (χ0v) is 13.4. The van der Waals surface area contributed by atoms with Crippen molar-refractivity contribution in [2.75, 3.05) is 0 Å². The Morgan fingerprint density at radius 2 is 1.84 bits per heavy atom. The molecule has 2 heterocycles. The van der Waals surface area contributed by atoms with Gasteiger partial charge in [-0.3, -0.25) is 0 Å². The highest BCUT2D eigenvalue weighted by molar-refractivity contribution is 7.18. The van der Waals surface area contributed by atoms with Gasteiger partial charge in [0.1, 0.15) is 15.4 Å². The van der Waals surface area contributed by atoms with Gasteiger partial charge in [-0.2, -0.15) is 0 Å². The van der Waals surface area contributed by atoms with Crippen LogP contribution in [0.1, 0.15) is 52.1 Å². The maximum atomic E-state index is 5.76. The molecule has 0 saturated carbocycles. The highest BCUT2D eigenvalue weighted by Gasteiger charge is 2.17. The summed E-state index contributed by atoms with van der Waals surface area (Å²) >= 11 is 1.61. The molecule has 0 aliphatic carbocycles. The maximum Gasteiger partial charge on any atom is 0.143 e. The van der Waals surface area contributed by atoms with Crippen LogP contribution in [-0.2, 0) is 16.8 Å². The van der Waals surface area contributed by atoms with Gasteiger partial charge in [-0.1, -0.05) is 32.1 Å². The largest absolute Gasteiger partial charge is 0.369 e. The van der Waals surface area contributed by atoms with E-state index in [4.69, 9.17) is 4.74 Å². The molecule has 2 aromatic rings. The van der Waals surface area contributed by atoms with Crippen LogP contribution in [0.25, 0.3) is 10.3 Å². The molecule has 0 atom stereocenters. The van der Waals surface area contributed by atoms with Crippen LogP contribution in [0.2, 0.25) is 0 Å². The molecule has 0 aromatic carbocycles. The van der Waals surface area contributed by atoms with E-state index in [1.165, 1.54) is 5.56 Å². The van der Waals surface area contributed by atoms with Crippen LogP contribution in [-0.4, -0.2) is 15.6 Å². The Morgan fingerprint density at radius 3 is 2.42 bits per heavy atom. The first-order valence-electron chi connectivity index (χ1n) is 6.55. The van der Waals surface area contributed by atoms with E-state index in [0.29, 0.717) is 6.61 Å². The lowest BCUT2D eigenvalue weighted by molar-refractivity contribution is -0.0149. The van der Waals surface area contributed by atoms with Gasteiger partial charge in [0, 0.05) is 6.20 Å². The minimum Gasteiger partial charge on any atom is -0.369 e. The summed E-state index contributed by atoms with van der Waals surface area (Å²) in [6.45, 7) is 13.3. The van der Waals surface area contributed by atoms with Gasteiger partial charge in [0.25, 0.3) is 0 Å². The molecule has 19 heavy (non-hydrogen) atoms. The topological polar surface area (TPSA) is 35.0 Å². The number of nitrogens with zero attached hydrogens (tertiary/aromatic N) is 2. The number of aromatic nitrogens is 2. The fraction of sp³-hybridized carbons (Fsp3) is 0.600. The smallest absolute Gasteiger partial charge is 0.143 e. The van der Waals surface area contributed by atoms with E-state index in [1.807, 2.05) is 6.20 Å². The monoisotopic (exact) mass is 278 g/mol. The van der Waals surface area contributed by atoms with Crippen molar-refractivity contribution in [1.29, 1.82) is 0 Å². The normalized spacial score (nSPS) is 13.2. The number of hydrogen-bond donors (Lipinski definition) is 0. The lowest BCUT2D eigenvalue weighted by Crippen LogP contribution is -2.18. The lowest BCUT2D eigenvalue weighted by Gasteiger charge is -2.18. The first-order chi connectivity index (χ1) is 8.65. The van der Waals surface area contributed by atoms with Gasteiger partial charge in [-0.25, -0.2) is 9.97 Å². The Balaban J connectivity index is 2.26. The van der Waals surface area contributed by atoms with Crippen LogP contribution >= 0.6 is 11.3 Å². The van der Waals surface area contributed by atoms with Crippen molar-refractivity contribution < 1.29 is 4.74 Å². The van der Waals surface area contributed by atoms with Gasteiger partial charge in [0.15, 0.2) is 0 Å². The Kier molecular flexibility index (Phi) is 3.67. The predicted molar refractivity (Wildman–Crippen MR) is 80.7 cm³/mol. The van der Waals surface area contributed by atoms with E-state index in [9.17, 15) is 0 Å². The van der Waals surface area contributed by atoms with Gasteiger partial charge in [0.05, 0.1) is 12.2 Å². The Bertz CT molecular complexity index is 576. The molecule has 0 aliphatic rings. The second kappa shape index (κ2) is 4.84.